The van der Waals surface area contributed by atoms with E-state index < -0.39 is 6.29 Å². The molecule has 0 saturated carbocycles. The van der Waals surface area contributed by atoms with Gasteiger partial charge in [0.2, 0.25) is 0 Å². The van der Waals surface area contributed by atoms with Crippen molar-refractivity contribution in [2.75, 3.05) is 13.2 Å². The van der Waals surface area contributed by atoms with E-state index in [9.17, 15) is 0 Å². The zero-order valence-corrected chi connectivity index (χ0v) is 8.34. The Morgan fingerprint density at radius 2 is 1.92 bits per heavy atom. The van der Waals surface area contributed by atoms with Gasteiger partial charge in [-0.3, -0.25) is 0 Å². The van der Waals surface area contributed by atoms with Crippen LogP contribution in [0.1, 0.15) is 33.6 Å². The van der Waals surface area contributed by atoms with Crippen molar-refractivity contribution in [2.45, 2.75) is 45.9 Å². The molecule has 2 N–H and O–H groups in total. The minimum absolute atomic E-state index is 0.578. The lowest BCUT2D eigenvalue weighted by molar-refractivity contribution is -0.0838. The maximum absolute atomic E-state index is 8.78. The number of rotatable bonds is 7. The first-order chi connectivity index (χ1) is 5.70. The van der Waals surface area contributed by atoms with Gasteiger partial charge in [0.15, 0.2) is 6.29 Å². The third kappa shape index (κ3) is 6.58. The quantitative estimate of drug-likeness (QED) is 0.450. The van der Waals surface area contributed by atoms with Crippen LogP contribution in [0.25, 0.3) is 0 Å². The Hall–Kier alpha value is -0.120. The molecule has 0 rings (SSSR count). The van der Waals surface area contributed by atoms with Gasteiger partial charge in [0, 0.05) is 12.6 Å². The summed E-state index contributed by atoms with van der Waals surface area (Å²) in [5, 5.41) is 12.1. The van der Waals surface area contributed by atoms with Gasteiger partial charge in [-0.15, -0.1) is 0 Å². The van der Waals surface area contributed by atoms with Gasteiger partial charge < -0.3 is 15.2 Å². The maximum atomic E-state index is 8.78. The fourth-order valence-electron chi connectivity index (χ4n) is 1.07. The fourth-order valence-corrected chi connectivity index (χ4v) is 1.07. The fraction of sp³-hybridized carbons (Fsp3) is 1.00. The number of ether oxygens (including phenoxy) is 1. The van der Waals surface area contributed by atoms with Gasteiger partial charge in [0.05, 0.1) is 6.61 Å². The van der Waals surface area contributed by atoms with Crippen molar-refractivity contribution in [3.05, 3.63) is 0 Å². The highest BCUT2D eigenvalue weighted by atomic mass is 16.6. The molecule has 0 radical (unpaired) electrons. The molecule has 12 heavy (non-hydrogen) atoms. The van der Waals surface area contributed by atoms with Crippen LogP contribution >= 0.6 is 0 Å². The number of nitrogens with one attached hydrogen (secondary N) is 1. The van der Waals surface area contributed by atoms with Gasteiger partial charge in [-0.25, -0.2) is 0 Å². The highest BCUT2D eigenvalue weighted by molar-refractivity contribution is 4.61. The van der Waals surface area contributed by atoms with E-state index in [1.165, 1.54) is 0 Å². The summed E-state index contributed by atoms with van der Waals surface area (Å²) < 4.78 is 4.97. The largest absolute Gasteiger partial charge is 0.368 e. The molecule has 0 spiro atoms. The Labute approximate surface area is 75.1 Å². The van der Waals surface area contributed by atoms with Crippen molar-refractivity contribution in [3.8, 4) is 0 Å². The zero-order chi connectivity index (χ0) is 9.40. The maximum Gasteiger partial charge on any atom is 0.151 e. The van der Waals surface area contributed by atoms with Gasteiger partial charge in [0.25, 0.3) is 0 Å². The first kappa shape index (κ1) is 11.9. The predicted molar refractivity (Wildman–Crippen MR) is 50.0 cm³/mol. The minimum Gasteiger partial charge on any atom is -0.368 e. The lowest BCUT2D eigenvalue weighted by Gasteiger charge is -2.14. The molecule has 0 fully saturated rings. The van der Waals surface area contributed by atoms with Gasteiger partial charge in [-0.2, -0.15) is 0 Å². The normalized spacial score (nSPS) is 13.8. The number of aliphatic hydroxyl groups excluding tert-OH is 1. The van der Waals surface area contributed by atoms with E-state index in [-0.39, 0.29) is 0 Å². The molecule has 0 aromatic heterocycles. The Bertz CT molecular complexity index is 92.5. The summed E-state index contributed by atoms with van der Waals surface area (Å²) in [5.41, 5.74) is 0. The highest BCUT2D eigenvalue weighted by Crippen LogP contribution is 1.94. The molecular formula is C9H21NO2. The lowest BCUT2D eigenvalue weighted by atomic mass is 10.2. The molecule has 0 saturated heterocycles. The minimum atomic E-state index is -0.645. The smallest absolute Gasteiger partial charge is 0.151 e. The van der Waals surface area contributed by atoms with Gasteiger partial charge >= 0.3 is 0 Å². The molecule has 3 nitrogen and oxygen atoms in total. The van der Waals surface area contributed by atoms with Crippen molar-refractivity contribution in [3.63, 3.8) is 0 Å². The van der Waals surface area contributed by atoms with E-state index >= 15 is 0 Å². The van der Waals surface area contributed by atoms with Crippen molar-refractivity contribution in [1.29, 1.82) is 0 Å². The summed E-state index contributed by atoms with van der Waals surface area (Å²) in [6.45, 7) is 7.34. The van der Waals surface area contributed by atoms with E-state index in [0.29, 0.717) is 12.6 Å². The molecule has 0 bridgehead atoms. The van der Waals surface area contributed by atoms with E-state index in [1.54, 1.807) is 6.92 Å². The molecule has 0 aromatic carbocycles. The first-order valence-electron chi connectivity index (χ1n) is 4.73. The number of aliphatic hydroxyl groups is 1. The molecule has 0 aliphatic rings. The molecule has 74 valence electrons. The van der Waals surface area contributed by atoms with Crippen LogP contribution in [0.2, 0.25) is 0 Å². The zero-order valence-electron chi connectivity index (χ0n) is 8.34. The topological polar surface area (TPSA) is 41.5 Å². The monoisotopic (exact) mass is 175 g/mol. The Morgan fingerprint density at radius 1 is 1.33 bits per heavy atom. The Balaban J connectivity index is 3.17. The van der Waals surface area contributed by atoms with Crippen LogP contribution in [0.3, 0.4) is 0 Å². The molecule has 1 atom stereocenters. The summed E-state index contributed by atoms with van der Waals surface area (Å²) in [6.07, 6.45) is 1.64. The molecule has 1 unspecified atom stereocenters. The summed E-state index contributed by atoms with van der Waals surface area (Å²) >= 11 is 0. The summed E-state index contributed by atoms with van der Waals surface area (Å²) in [4.78, 5) is 0. The van der Waals surface area contributed by atoms with Crippen LogP contribution in [0.15, 0.2) is 0 Å². The second-order valence-corrected chi connectivity index (χ2v) is 2.94. The predicted octanol–water partition coefficient (Wildman–Crippen LogP) is 1.12. The summed E-state index contributed by atoms with van der Waals surface area (Å²) in [7, 11) is 0. The van der Waals surface area contributed by atoms with Crippen LogP contribution in [-0.2, 0) is 4.74 Å². The molecule has 0 aliphatic heterocycles. The van der Waals surface area contributed by atoms with Crippen molar-refractivity contribution < 1.29 is 9.84 Å². The third-order valence-corrected chi connectivity index (χ3v) is 1.88. The van der Waals surface area contributed by atoms with Crippen LogP contribution < -0.4 is 5.32 Å². The highest BCUT2D eigenvalue weighted by Gasteiger charge is 2.01. The van der Waals surface area contributed by atoms with Crippen LogP contribution in [0, 0.1) is 0 Å². The standard InChI is InChI=1S/C9H21NO2/c1-4-9(5-2)10-6-7-12-8(3)11/h8-11H,4-7H2,1-3H3. The average molecular weight is 175 g/mol. The third-order valence-electron chi connectivity index (χ3n) is 1.88. The van der Waals surface area contributed by atoms with Gasteiger partial charge in [-0.05, 0) is 19.8 Å². The molecule has 0 aliphatic carbocycles. The number of hydrogen-bond acceptors (Lipinski definition) is 3. The Kier molecular flexibility index (Phi) is 7.45. The van der Waals surface area contributed by atoms with Crippen molar-refractivity contribution >= 4 is 0 Å². The Morgan fingerprint density at radius 3 is 2.33 bits per heavy atom. The SMILES string of the molecule is CCC(CC)NCCOC(C)O. The van der Waals surface area contributed by atoms with Crippen molar-refractivity contribution in [1.82, 2.24) is 5.32 Å². The van der Waals surface area contributed by atoms with E-state index in [1.807, 2.05) is 0 Å². The van der Waals surface area contributed by atoms with Crippen LogP contribution in [0.5, 0.6) is 0 Å². The first-order valence-corrected chi connectivity index (χ1v) is 4.73. The lowest BCUT2D eigenvalue weighted by Crippen LogP contribution is -2.31. The molecule has 0 aromatic rings. The molecule has 3 heteroatoms. The van der Waals surface area contributed by atoms with Gasteiger partial charge in [0.1, 0.15) is 0 Å². The molecule has 0 heterocycles. The van der Waals surface area contributed by atoms with Crippen molar-refractivity contribution in [2.24, 2.45) is 0 Å². The summed E-state index contributed by atoms with van der Waals surface area (Å²) in [5.74, 6) is 0. The van der Waals surface area contributed by atoms with E-state index in [0.717, 1.165) is 19.4 Å². The van der Waals surface area contributed by atoms with Gasteiger partial charge in [-0.1, -0.05) is 13.8 Å². The van der Waals surface area contributed by atoms with E-state index in [2.05, 4.69) is 19.2 Å². The van der Waals surface area contributed by atoms with Crippen LogP contribution in [0.4, 0.5) is 0 Å². The average Bonchev–Trinajstić information content (AvgIpc) is 2.04. The van der Waals surface area contributed by atoms with Crippen LogP contribution in [-0.4, -0.2) is 30.6 Å². The molecule has 0 amide bonds. The second-order valence-electron chi connectivity index (χ2n) is 2.94. The summed E-state index contributed by atoms with van der Waals surface area (Å²) in [6, 6.07) is 0.586. The van der Waals surface area contributed by atoms with E-state index in [4.69, 9.17) is 9.84 Å². The number of hydrogen-bond donors (Lipinski definition) is 2. The molecular weight excluding hydrogens is 154 g/mol. The second kappa shape index (κ2) is 7.53.